The Bertz CT molecular complexity index is 1090. The van der Waals surface area contributed by atoms with Crippen LogP contribution in [0.4, 0.5) is 0 Å². The first-order valence-corrected chi connectivity index (χ1v) is 28.3. The highest BCUT2D eigenvalue weighted by Gasteiger charge is 2.26. The number of phosphoric acid groups is 1. The zero-order valence-electron chi connectivity index (χ0n) is 41.3. The summed E-state index contributed by atoms with van der Waals surface area (Å²) in [6.45, 7) is 3.69. The molecule has 9 nitrogen and oxygen atoms in total. The van der Waals surface area contributed by atoms with E-state index in [1.54, 1.807) is 0 Å². The predicted molar refractivity (Wildman–Crippen MR) is 266 cm³/mol. The summed E-state index contributed by atoms with van der Waals surface area (Å²) in [4.78, 5) is 35.0. The van der Waals surface area contributed by atoms with E-state index in [0.717, 1.165) is 64.2 Å². The van der Waals surface area contributed by atoms with Crippen LogP contribution in [0.25, 0.3) is 0 Å². The first-order chi connectivity index (χ1) is 30.8. The Morgan fingerprint density at radius 2 is 0.857 bits per heavy atom. The predicted octanol–water partition coefficient (Wildman–Crippen LogP) is 16.3. The number of nitrogens with two attached hydrogens (primary N) is 1. The minimum Gasteiger partial charge on any atom is -0.462 e. The van der Waals surface area contributed by atoms with Crippen molar-refractivity contribution in [2.75, 3.05) is 26.4 Å². The van der Waals surface area contributed by atoms with Crippen molar-refractivity contribution in [3.63, 3.8) is 0 Å². The molecule has 0 aromatic carbocycles. The molecular weight excluding hydrogens is 810 g/mol. The van der Waals surface area contributed by atoms with Crippen molar-refractivity contribution in [3.05, 3.63) is 24.3 Å². The summed E-state index contributed by atoms with van der Waals surface area (Å²) < 4.78 is 32.9. The third-order valence-corrected chi connectivity index (χ3v) is 12.8. The topological polar surface area (TPSA) is 134 Å². The lowest BCUT2D eigenvalue weighted by Gasteiger charge is -2.19. The summed E-state index contributed by atoms with van der Waals surface area (Å²) >= 11 is 0. The van der Waals surface area contributed by atoms with Crippen LogP contribution in [0.5, 0.6) is 0 Å². The van der Waals surface area contributed by atoms with Gasteiger partial charge in [0.25, 0.3) is 0 Å². The van der Waals surface area contributed by atoms with Gasteiger partial charge in [-0.3, -0.25) is 18.6 Å². The van der Waals surface area contributed by atoms with E-state index < -0.39 is 26.5 Å². The van der Waals surface area contributed by atoms with E-state index in [2.05, 4.69) is 38.2 Å². The number of hydrogen-bond acceptors (Lipinski definition) is 8. The Balaban J connectivity index is 3.85. The summed E-state index contributed by atoms with van der Waals surface area (Å²) in [5.74, 6) is -0.833. The minimum absolute atomic E-state index is 0.0526. The molecule has 63 heavy (non-hydrogen) atoms. The largest absolute Gasteiger partial charge is 0.472 e. The quantitative estimate of drug-likeness (QED) is 0.0265. The van der Waals surface area contributed by atoms with E-state index in [0.29, 0.717) is 6.42 Å². The van der Waals surface area contributed by atoms with Gasteiger partial charge in [0.1, 0.15) is 6.61 Å². The monoisotopic (exact) mass is 912 g/mol. The smallest absolute Gasteiger partial charge is 0.462 e. The van der Waals surface area contributed by atoms with Gasteiger partial charge < -0.3 is 20.1 Å². The van der Waals surface area contributed by atoms with Gasteiger partial charge in [0.05, 0.1) is 13.2 Å². The summed E-state index contributed by atoms with van der Waals surface area (Å²) in [5, 5.41) is 0. The van der Waals surface area contributed by atoms with Crippen LogP contribution < -0.4 is 5.73 Å². The Hall–Kier alpha value is -1.51. The molecule has 0 spiro atoms. The number of allylic oxidation sites excluding steroid dienone is 4. The molecule has 2 unspecified atom stereocenters. The number of ether oxygens (including phenoxy) is 2. The fourth-order valence-electron chi connectivity index (χ4n) is 7.85. The maximum atomic E-state index is 12.6. The van der Waals surface area contributed by atoms with Crippen molar-refractivity contribution in [1.82, 2.24) is 0 Å². The Morgan fingerprint density at radius 3 is 1.27 bits per heavy atom. The maximum absolute atomic E-state index is 12.6. The highest BCUT2D eigenvalue weighted by atomic mass is 31.2. The molecule has 10 heteroatoms. The normalized spacial score (nSPS) is 13.3. The van der Waals surface area contributed by atoms with Crippen LogP contribution in [-0.4, -0.2) is 49.3 Å². The molecule has 0 rings (SSSR count). The number of carbonyl (C=O) groups is 2. The van der Waals surface area contributed by atoms with Crippen LogP contribution in [0, 0.1) is 0 Å². The van der Waals surface area contributed by atoms with Crippen LogP contribution >= 0.6 is 7.82 Å². The Labute approximate surface area is 389 Å². The van der Waals surface area contributed by atoms with E-state index >= 15 is 0 Å². The average Bonchev–Trinajstić information content (AvgIpc) is 3.27. The molecule has 0 aliphatic rings. The van der Waals surface area contributed by atoms with Gasteiger partial charge in [0.2, 0.25) is 0 Å². The molecule has 0 aromatic rings. The molecule has 372 valence electrons. The van der Waals surface area contributed by atoms with Crippen LogP contribution in [0.3, 0.4) is 0 Å². The fraction of sp³-hybridized carbons (Fsp3) is 0.887. The molecular formula is C53H102NO8P. The molecule has 2 atom stereocenters. The first-order valence-electron chi connectivity index (χ1n) is 26.8. The van der Waals surface area contributed by atoms with Gasteiger partial charge in [-0.1, -0.05) is 244 Å². The van der Waals surface area contributed by atoms with Gasteiger partial charge in [-0.05, 0) is 38.5 Å². The van der Waals surface area contributed by atoms with E-state index in [-0.39, 0.29) is 38.6 Å². The lowest BCUT2D eigenvalue weighted by Crippen LogP contribution is -2.29. The summed E-state index contributed by atoms with van der Waals surface area (Å²) in [6, 6.07) is 0. The molecule has 0 saturated heterocycles. The summed E-state index contributed by atoms with van der Waals surface area (Å²) in [7, 11) is -4.38. The van der Waals surface area contributed by atoms with Gasteiger partial charge in [-0.2, -0.15) is 0 Å². The van der Waals surface area contributed by atoms with Crippen LogP contribution in [0.1, 0.15) is 271 Å². The van der Waals surface area contributed by atoms with Gasteiger partial charge in [-0.25, -0.2) is 4.57 Å². The molecule has 0 aliphatic carbocycles. The summed E-state index contributed by atoms with van der Waals surface area (Å²) in [6.07, 6.45) is 56.8. The third-order valence-electron chi connectivity index (χ3n) is 11.8. The molecule has 0 bridgehead atoms. The van der Waals surface area contributed by atoms with Crippen molar-refractivity contribution in [2.24, 2.45) is 5.73 Å². The SMILES string of the molecule is CCC/C=C\C/C=C\CCCCCCCC(=O)OC(COC(=O)CCCCCCCCCCCCCCCCCCCCCCCCCCCCCCC)COP(=O)(O)OCCN. The second-order valence-electron chi connectivity index (χ2n) is 18.1. The Kier molecular flexibility index (Phi) is 48.7. The third kappa shape index (κ3) is 49.8. The average molecular weight is 912 g/mol. The van der Waals surface area contributed by atoms with Crippen molar-refractivity contribution < 1.29 is 37.6 Å². The number of carbonyl (C=O) groups excluding carboxylic acids is 2. The van der Waals surface area contributed by atoms with Crippen LogP contribution in [0.2, 0.25) is 0 Å². The molecule has 0 saturated carbocycles. The zero-order valence-corrected chi connectivity index (χ0v) is 42.2. The number of unbranched alkanes of at least 4 members (excludes halogenated alkanes) is 34. The van der Waals surface area contributed by atoms with Crippen molar-refractivity contribution in [2.45, 2.75) is 277 Å². The van der Waals surface area contributed by atoms with E-state index in [4.69, 9.17) is 24.3 Å². The maximum Gasteiger partial charge on any atom is 0.472 e. The molecule has 3 N–H and O–H groups in total. The minimum atomic E-state index is -4.38. The van der Waals surface area contributed by atoms with Gasteiger partial charge >= 0.3 is 19.8 Å². The van der Waals surface area contributed by atoms with E-state index in [1.807, 2.05) is 0 Å². The van der Waals surface area contributed by atoms with Crippen molar-refractivity contribution in [3.8, 4) is 0 Å². The molecule has 0 aromatic heterocycles. The lowest BCUT2D eigenvalue weighted by atomic mass is 10.0. The van der Waals surface area contributed by atoms with Crippen LogP contribution in [0.15, 0.2) is 24.3 Å². The molecule has 0 heterocycles. The highest BCUT2D eigenvalue weighted by Crippen LogP contribution is 2.43. The number of hydrogen-bond donors (Lipinski definition) is 2. The summed E-state index contributed by atoms with van der Waals surface area (Å²) in [5.41, 5.74) is 5.36. The number of esters is 2. The second-order valence-corrected chi connectivity index (χ2v) is 19.6. The molecule has 0 fully saturated rings. The van der Waals surface area contributed by atoms with E-state index in [9.17, 15) is 19.0 Å². The van der Waals surface area contributed by atoms with E-state index in [1.165, 1.54) is 173 Å². The fourth-order valence-corrected chi connectivity index (χ4v) is 8.62. The van der Waals surface area contributed by atoms with Gasteiger partial charge in [-0.15, -0.1) is 0 Å². The van der Waals surface area contributed by atoms with Gasteiger partial charge in [0, 0.05) is 19.4 Å². The Morgan fingerprint density at radius 1 is 0.476 bits per heavy atom. The number of phosphoric ester groups is 1. The number of rotatable bonds is 51. The van der Waals surface area contributed by atoms with Crippen molar-refractivity contribution in [1.29, 1.82) is 0 Å². The molecule has 0 amide bonds. The standard InChI is InChI=1S/C53H102NO8P/c1-3-5-7-9-11-13-15-17-18-19-20-21-22-23-24-25-26-27-28-29-30-31-32-34-35-37-39-41-43-45-52(55)59-49-51(50-61-63(57,58)60-48-47-54)62-53(56)46-44-42-40-38-36-33-16-14-12-10-8-6-4-2/h8,10,14,16,51H,3-7,9,11-13,15,17-50,54H2,1-2H3,(H,57,58)/b10-8-,16-14-. The second kappa shape index (κ2) is 49.9. The zero-order chi connectivity index (χ0) is 46.0. The molecule has 0 radical (unpaired) electrons. The first kappa shape index (κ1) is 61.5. The molecule has 0 aliphatic heterocycles. The highest BCUT2D eigenvalue weighted by molar-refractivity contribution is 7.47. The van der Waals surface area contributed by atoms with Crippen LogP contribution in [-0.2, 0) is 32.7 Å². The van der Waals surface area contributed by atoms with Gasteiger partial charge in [0.15, 0.2) is 6.10 Å². The lowest BCUT2D eigenvalue weighted by molar-refractivity contribution is -0.161. The van der Waals surface area contributed by atoms with Crippen molar-refractivity contribution >= 4 is 19.8 Å².